The van der Waals surface area contributed by atoms with Gasteiger partial charge in [0.25, 0.3) is 0 Å². The van der Waals surface area contributed by atoms with Crippen molar-refractivity contribution in [1.82, 2.24) is 19.7 Å². The fourth-order valence-corrected chi connectivity index (χ4v) is 1.25. The zero-order chi connectivity index (χ0) is 8.55. The fourth-order valence-electron chi connectivity index (χ4n) is 1.25. The fraction of sp³-hybridized carbons (Fsp3) is 0.500. The van der Waals surface area contributed by atoms with Crippen LogP contribution in [0.5, 0.6) is 0 Å². The minimum Gasteiger partial charge on any atom is -0.351 e. The molecular formula is C6H9N5O. The van der Waals surface area contributed by atoms with E-state index in [0.717, 1.165) is 12.4 Å². The molecule has 1 aromatic heterocycles. The zero-order valence-electron chi connectivity index (χ0n) is 6.47. The Bertz CT molecular complexity index is 307. The van der Waals surface area contributed by atoms with Crippen LogP contribution in [0.2, 0.25) is 0 Å². The number of carbonyl (C=O) groups is 1. The first-order chi connectivity index (χ1) is 5.77. The van der Waals surface area contributed by atoms with E-state index in [0.29, 0.717) is 13.1 Å². The van der Waals surface area contributed by atoms with Crippen molar-refractivity contribution in [1.29, 1.82) is 0 Å². The molecule has 0 saturated heterocycles. The van der Waals surface area contributed by atoms with E-state index in [-0.39, 0.29) is 0 Å². The molecule has 0 unspecified atom stereocenters. The normalized spacial score (nSPS) is 15.8. The summed E-state index contributed by atoms with van der Waals surface area (Å²) in [6.07, 6.45) is 1.66. The van der Waals surface area contributed by atoms with E-state index < -0.39 is 6.03 Å². The number of hydrogen-bond donors (Lipinski definition) is 1. The quantitative estimate of drug-likeness (QED) is 0.548. The van der Waals surface area contributed by atoms with Crippen LogP contribution in [0, 0.1) is 0 Å². The Balaban J connectivity index is 2.20. The van der Waals surface area contributed by atoms with Gasteiger partial charge in [0.15, 0.2) is 5.82 Å². The SMILES string of the molecule is NC(=O)N1CCn2cnnc2C1. The number of rotatable bonds is 0. The summed E-state index contributed by atoms with van der Waals surface area (Å²) in [6, 6.07) is -0.399. The van der Waals surface area contributed by atoms with Crippen LogP contribution in [0.1, 0.15) is 5.82 Å². The highest BCUT2D eigenvalue weighted by atomic mass is 16.2. The monoisotopic (exact) mass is 167 g/mol. The number of fused-ring (bicyclic) bond motifs is 1. The van der Waals surface area contributed by atoms with Crippen LogP contribution >= 0.6 is 0 Å². The molecular weight excluding hydrogens is 158 g/mol. The summed E-state index contributed by atoms with van der Waals surface area (Å²) < 4.78 is 1.92. The van der Waals surface area contributed by atoms with Gasteiger partial charge in [-0.15, -0.1) is 10.2 Å². The molecule has 0 aliphatic carbocycles. The number of primary amides is 1. The lowest BCUT2D eigenvalue weighted by molar-refractivity contribution is 0.191. The topological polar surface area (TPSA) is 77.0 Å². The Labute approximate surface area is 69.0 Å². The predicted octanol–water partition coefficient (Wildman–Crippen LogP) is -0.828. The van der Waals surface area contributed by atoms with Gasteiger partial charge in [0.2, 0.25) is 0 Å². The number of amides is 2. The standard InChI is InChI=1S/C6H9N5O/c7-6(12)10-1-2-11-4-8-9-5(11)3-10/h4H,1-3H2,(H2,7,12). The van der Waals surface area contributed by atoms with Crippen molar-refractivity contribution in [3.05, 3.63) is 12.2 Å². The van der Waals surface area contributed by atoms with E-state index in [1.54, 1.807) is 11.2 Å². The van der Waals surface area contributed by atoms with Crippen LogP contribution < -0.4 is 5.73 Å². The van der Waals surface area contributed by atoms with Crippen LogP contribution in [0.3, 0.4) is 0 Å². The smallest absolute Gasteiger partial charge is 0.315 e. The zero-order valence-corrected chi connectivity index (χ0v) is 6.47. The first-order valence-corrected chi connectivity index (χ1v) is 3.68. The van der Waals surface area contributed by atoms with Crippen molar-refractivity contribution >= 4 is 6.03 Å². The Morgan fingerprint density at radius 3 is 3.17 bits per heavy atom. The van der Waals surface area contributed by atoms with Crippen LogP contribution in [0.4, 0.5) is 4.79 Å². The number of nitrogens with two attached hydrogens (primary N) is 1. The molecule has 0 radical (unpaired) electrons. The summed E-state index contributed by atoms with van der Waals surface area (Å²) in [5.41, 5.74) is 5.12. The molecule has 12 heavy (non-hydrogen) atoms. The summed E-state index contributed by atoms with van der Waals surface area (Å²) in [5, 5.41) is 7.58. The molecule has 2 amide bonds. The first-order valence-electron chi connectivity index (χ1n) is 3.68. The molecule has 0 saturated carbocycles. The summed E-state index contributed by atoms with van der Waals surface area (Å²) >= 11 is 0. The summed E-state index contributed by atoms with van der Waals surface area (Å²) in [5.74, 6) is 0.792. The molecule has 64 valence electrons. The van der Waals surface area contributed by atoms with Gasteiger partial charge < -0.3 is 15.2 Å². The maximum Gasteiger partial charge on any atom is 0.315 e. The highest BCUT2D eigenvalue weighted by molar-refractivity contribution is 5.71. The van der Waals surface area contributed by atoms with Gasteiger partial charge in [0.1, 0.15) is 6.33 Å². The highest BCUT2D eigenvalue weighted by Crippen LogP contribution is 2.07. The summed E-state index contributed by atoms with van der Waals surface area (Å²) in [4.78, 5) is 12.3. The summed E-state index contributed by atoms with van der Waals surface area (Å²) in [6.45, 7) is 1.83. The van der Waals surface area contributed by atoms with Crippen molar-refractivity contribution in [2.75, 3.05) is 6.54 Å². The maximum atomic E-state index is 10.8. The lowest BCUT2D eigenvalue weighted by atomic mass is 10.4. The Morgan fingerprint density at radius 2 is 2.42 bits per heavy atom. The number of nitrogens with zero attached hydrogens (tertiary/aromatic N) is 4. The molecule has 1 aliphatic heterocycles. The lowest BCUT2D eigenvalue weighted by Gasteiger charge is -2.24. The van der Waals surface area contributed by atoms with Crippen molar-refractivity contribution in [3.63, 3.8) is 0 Å². The van der Waals surface area contributed by atoms with E-state index in [1.807, 2.05) is 4.57 Å². The van der Waals surface area contributed by atoms with Crippen LogP contribution in [-0.2, 0) is 13.1 Å². The van der Waals surface area contributed by atoms with Gasteiger partial charge in [-0.2, -0.15) is 0 Å². The molecule has 1 aliphatic rings. The molecule has 0 spiro atoms. The largest absolute Gasteiger partial charge is 0.351 e. The predicted molar refractivity (Wildman–Crippen MR) is 40.0 cm³/mol. The van der Waals surface area contributed by atoms with Crippen molar-refractivity contribution in [2.45, 2.75) is 13.1 Å². The minimum absolute atomic E-state index is 0.399. The number of hydrogen-bond acceptors (Lipinski definition) is 3. The van der Waals surface area contributed by atoms with E-state index >= 15 is 0 Å². The van der Waals surface area contributed by atoms with Crippen LogP contribution in [-0.4, -0.2) is 32.2 Å². The molecule has 1 aromatic rings. The highest BCUT2D eigenvalue weighted by Gasteiger charge is 2.19. The molecule has 0 atom stereocenters. The van der Waals surface area contributed by atoms with Gasteiger partial charge in [0, 0.05) is 13.1 Å². The van der Waals surface area contributed by atoms with Gasteiger partial charge in [-0.1, -0.05) is 0 Å². The molecule has 2 rings (SSSR count). The molecule has 6 nitrogen and oxygen atoms in total. The molecule has 2 N–H and O–H groups in total. The summed E-state index contributed by atoms with van der Waals surface area (Å²) in [7, 11) is 0. The van der Waals surface area contributed by atoms with Crippen molar-refractivity contribution < 1.29 is 4.79 Å². The van der Waals surface area contributed by atoms with E-state index in [9.17, 15) is 4.79 Å². The second kappa shape index (κ2) is 2.47. The number of urea groups is 1. The van der Waals surface area contributed by atoms with Crippen LogP contribution in [0.15, 0.2) is 6.33 Å². The number of carbonyl (C=O) groups excluding carboxylic acids is 1. The third-order valence-corrected chi connectivity index (χ3v) is 1.95. The average Bonchev–Trinajstić information content (AvgIpc) is 2.49. The van der Waals surface area contributed by atoms with Gasteiger partial charge in [-0.05, 0) is 0 Å². The molecule has 0 fully saturated rings. The van der Waals surface area contributed by atoms with Gasteiger partial charge in [-0.3, -0.25) is 0 Å². The second-order valence-electron chi connectivity index (χ2n) is 2.70. The van der Waals surface area contributed by atoms with Crippen LogP contribution in [0.25, 0.3) is 0 Å². The third kappa shape index (κ3) is 1.01. The van der Waals surface area contributed by atoms with Crippen molar-refractivity contribution in [3.8, 4) is 0 Å². The molecule has 0 aromatic carbocycles. The van der Waals surface area contributed by atoms with Gasteiger partial charge >= 0.3 is 6.03 Å². The van der Waals surface area contributed by atoms with Gasteiger partial charge in [0.05, 0.1) is 6.54 Å². The van der Waals surface area contributed by atoms with Gasteiger partial charge in [-0.25, -0.2) is 4.79 Å². The Kier molecular flexibility index (Phi) is 1.46. The maximum absolute atomic E-state index is 10.8. The Morgan fingerprint density at radius 1 is 1.58 bits per heavy atom. The second-order valence-corrected chi connectivity index (χ2v) is 2.70. The third-order valence-electron chi connectivity index (χ3n) is 1.95. The van der Waals surface area contributed by atoms with E-state index in [1.165, 1.54) is 0 Å². The number of aromatic nitrogens is 3. The average molecular weight is 167 g/mol. The molecule has 6 heteroatoms. The molecule has 0 bridgehead atoms. The minimum atomic E-state index is -0.399. The Hall–Kier alpha value is -1.59. The lowest BCUT2D eigenvalue weighted by Crippen LogP contribution is -2.41. The van der Waals surface area contributed by atoms with E-state index in [2.05, 4.69) is 10.2 Å². The first kappa shape index (κ1) is 7.08. The van der Waals surface area contributed by atoms with Crippen molar-refractivity contribution in [2.24, 2.45) is 5.73 Å². The van der Waals surface area contributed by atoms with E-state index in [4.69, 9.17) is 5.73 Å². The molecule has 2 heterocycles.